The topological polar surface area (TPSA) is 100 Å². The Kier molecular flexibility index (Phi) is 7.63. The van der Waals surface area contributed by atoms with Gasteiger partial charge in [0.15, 0.2) is 6.23 Å². The van der Waals surface area contributed by atoms with Crippen LogP contribution >= 0.6 is 0 Å². The van der Waals surface area contributed by atoms with Crippen LogP contribution in [-0.4, -0.2) is 45.2 Å². The van der Waals surface area contributed by atoms with Crippen LogP contribution in [0.1, 0.15) is 119 Å². The molecule has 4 saturated carbocycles. The number of carbonyl (C=O) groups excluding carboxylic acids is 2. The molecule has 8 heteroatoms. The van der Waals surface area contributed by atoms with Crippen LogP contribution in [0.5, 0.6) is 0 Å². The van der Waals surface area contributed by atoms with E-state index in [0.29, 0.717) is 42.1 Å². The molecule has 0 aromatic carbocycles. The Balaban J connectivity index is 1.11. The van der Waals surface area contributed by atoms with E-state index in [0.717, 1.165) is 88.6 Å². The molecule has 2 bridgehead atoms. The highest BCUT2D eigenvalue weighted by molar-refractivity contribution is 5.83. The number of methoxy groups -OCH3 is 2. The average molecular weight is 686 g/mol. The fourth-order valence-electron chi connectivity index (χ4n) is 14.4. The maximum atomic E-state index is 14.4. The van der Waals surface area contributed by atoms with E-state index in [2.05, 4.69) is 39.1 Å². The summed E-state index contributed by atoms with van der Waals surface area (Å²) in [6.45, 7) is 7.32. The second kappa shape index (κ2) is 11.6. The lowest BCUT2D eigenvalue weighted by atomic mass is 9.41. The summed E-state index contributed by atoms with van der Waals surface area (Å²) in [4.78, 5) is 33.4. The van der Waals surface area contributed by atoms with Crippen LogP contribution < -0.4 is 0 Å². The number of fused-ring (bicyclic) bond motifs is 6. The molecule has 0 radical (unpaired) electrons. The second-order valence-electron chi connectivity index (χ2n) is 17.8. The summed E-state index contributed by atoms with van der Waals surface area (Å²) in [6.07, 6.45) is 16.6. The summed E-state index contributed by atoms with van der Waals surface area (Å²) in [7, 11) is 3.07. The number of carbonyl (C=O) groups is 2. The van der Waals surface area contributed by atoms with E-state index >= 15 is 0 Å². The minimum atomic E-state index is -0.839. The minimum Gasteiger partial charge on any atom is -0.469 e. The molecule has 3 heterocycles. The fraction of sp³-hybridized carbons (Fsp3) is 0.738. The Bertz CT molecular complexity index is 1690. The number of esters is 2. The van der Waals surface area contributed by atoms with Crippen molar-refractivity contribution in [1.82, 2.24) is 0 Å². The fourth-order valence-corrected chi connectivity index (χ4v) is 14.4. The molecule has 0 amide bonds. The van der Waals surface area contributed by atoms with Gasteiger partial charge in [-0.3, -0.25) is 14.6 Å². The van der Waals surface area contributed by atoms with Gasteiger partial charge >= 0.3 is 11.9 Å². The number of rotatable bonds is 5. The van der Waals surface area contributed by atoms with E-state index in [1.165, 1.54) is 18.2 Å². The van der Waals surface area contributed by atoms with Gasteiger partial charge < -0.3 is 23.0 Å². The summed E-state index contributed by atoms with van der Waals surface area (Å²) >= 11 is 0. The van der Waals surface area contributed by atoms with E-state index in [4.69, 9.17) is 28.0 Å². The molecule has 0 unspecified atom stereocenters. The normalized spacial score (nSPS) is 45.5. The molecule has 13 atom stereocenters. The van der Waals surface area contributed by atoms with Gasteiger partial charge in [-0.15, -0.1) is 0 Å². The van der Waals surface area contributed by atoms with Crippen LogP contribution in [0.4, 0.5) is 0 Å². The zero-order chi connectivity index (χ0) is 34.6. The van der Waals surface area contributed by atoms with Gasteiger partial charge in [-0.2, -0.15) is 0 Å². The first-order valence-corrected chi connectivity index (χ1v) is 19.6. The van der Waals surface area contributed by atoms with E-state index < -0.39 is 17.1 Å². The molecule has 4 fully saturated rings. The van der Waals surface area contributed by atoms with Crippen LogP contribution in [0.2, 0.25) is 0 Å². The number of hydrogen-bond donors (Lipinski definition) is 0. The number of nitrogens with zero attached hydrogens (tertiary/aromatic N) is 1. The molecule has 0 spiro atoms. The van der Waals surface area contributed by atoms with Crippen molar-refractivity contribution in [2.24, 2.45) is 62.2 Å². The number of aliphatic imine (C=N–C) groups is 1. The molecule has 0 saturated heterocycles. The first kappa shape index (κ1) is 33.0. The number of furan rings is 2. The summed E-state index contributed by atoms with van der Waals surface area (Å²) in [5.41, 5.74) is 0.799. The molecule has 6 aliphatic carbocycles. The largest absolute Gasteiger partial charge is 0.469 e. The maximum Gasteiger partial charge on any atom is 0.316 e. The lowest BCUT2D eigenvalue weighted by Crippen LogP contribution is -2.66. The van der Waals surface area contributed by atoms with Gasteiger partial charge in [0.05, 0.1) is 38.8 Å². The SMILES string of the molecule is COC(=O)[C@@]12CCC[C@@]3(C=N[C@@H]1OC[C@@]14CCC[C@@](C)(C(=O)OC)[C@H]1CC[C@@H]1[C@H](C)c5ccoc5C[C@@H]14)[C@H]1Cc4occc4[C@@H](C)[C@H]1CC[C@@H]32. The molecule has 1 aliphatic heterocycles. The van der Waals surface area contributed by atoms with Crippen molar-refractivity contribution >= 4 is 18.2 Å². The third-order valence-electron chi connectivity index (χ3n) is 16.6. The zero-order valence-electron chi connectivity index (χ0n) is 30.6. The van der Waals surface area contributed by atoms with E-state index in [1.807, 2.05) is 12.5 Å². The van der Waals surface area contributed by atoms with Gasteiger partial charge in [0.25, 0.3) is 0 Å². The van der Waals surface area contributed by atoms with Crippen LogP contribution in [-0.2, 0) is 36.6 Å². The van der Waals surface area contributed by atoms with Crippen molar-refractivity contribution in [2.45, 2.75) is 116 Å². The van der Waals surface area contributed by atoms with Gasteiger partial charge in [-0.25, -0.2) is 0 Å². The predicted molar refractivity (Wildman–Crippen MR) is 186 cm³/mol. The highest BCUT2D eigenvalue weighted by Gasteiger charge is 2.70. The smallest absolute Gasteiger partial charge is 0.316 e. The Morgan fingerprint density at radius 3 is 2.10 bits per heavy atom. The number of hydrogen-bond acceptors (Lipinski definition) is 8. The Morgan fingerprint density at radius 1 is 0.800 bits per heavy atom. The van der Waals surface area contributed by atoms with Crippen molar-refractivity contribution in [3.63, 3.8) is 0 Å². The Morgan fingerprint density at radius 2 is 1.42 bits per heavy atom. The van der Waals surface area contributed by atoms with Crippen molar-refractivity contribution in [3.05, 3.63) is 47.3 Å². The molecule has 7 aliphatic rings. The first-order valence-electron chi connectivity index (χ1n) is 19.6. The van der Waals surface area contributed by atoms with Gasteiger partial charge in [0.2, 0.25) is 0 Å². The molecule has 2 aromatic rings. The monoisotopic (exact) mass is 685 g/mol. The van der Waals surface area contributed by atoms with Crippen molar-refractivity contribution in [1.29, 1.82) is 0 Å². The van der Waals surface area contributed by atoms with E-state index in [1.54, 1.807) is 7.11 Å². The van der Waals surface area contributed by atoms with E-state index in [9.17, 15) is 9.59 Å². The summed E-state index contributed by atoms with van der Waals surface area (Å²) < 4.78 is 30.8. The first-order chi connectivity index (χ1) is 24.1. The molecule has 9 rings (SSSR count). The predicted octanol–water partition coefficient (Wildman–Crippen LogP) is 8.28. The van der Waals surface area contributed by atoms with Gasteiger partial charge in [-0.05, 0) is 129 Å². The lowest BCUT2D eigenvalue weighted by Gasteiger charge is -2.64. The molecule has 270 valence electrons. The summed E-state index contributed by atoms with van der Waals surface area (Å²) in [6, 6.07) is 4.32. The second-order valence-corrected chi connectivity index (χ2v) is 17.8. The van der Waals surface area contributed by atoms with Crippen LogP contribution in [0.15, 0.2) is 38.5 Å². The number of ether oxygens (including phenoxy) is 3. The minimum absolute atomic E-state index is 0.100. The molecule has 0 N–H and O–H groups in total. The third kappa shape index (κ3) is 4.17. The van der Waals surface area contributed by atoms with Crippen LogP contribution in [0, 0.1) is 57.2 Å². The zero-order valence-corrected chi connectivity index (χ0v) is 30.6. The summed E-state index contributed by atoms with van der Waals surface area (Å²) in [5, 5.41) is 0. The summed E-state index contributed by atoms with van der Waals surface area (Å²) in [5.74, 6) is 4.61. The lowest BCUT2D eigenvalue weighted by molar-refractivity contribution is -0.220. The van der Waals surface area contributed by atoms with Crippen molar-refractivity contribution < 1.29 is 32.6 Å². The van der Waals surface area contributed by atoms with E-state index in [-0.39, 0.29) is 34.6 Å². The standard InChI is InChI=1S/C42H55NO7/c1-24-26-9-11-35-40(30(26)20-32-28(24)12-18-48-32)15-7-17-42(35,38(45)47-5)36(43-22-40)50-23-41-16-6-14-39(3,37(44)46-4)34(41)10-8-27-25(2)29-13-19-49-33(29)21-31(27)41/h12-13,18-19,22,24-27,30-31,34-36H,6-11,14-17,20-21,23H2,1-5H3/t24-,25-,26+,27+,30-,31-,34+,35-,36+,39+,40+,41+,42+/m0/s1. The highest BCUT2D eigenvalue weighted by atomic mass is 16.5. The molecule has 8 nitrogen and oxygen atoms in total. The van der Waals surface area contributed by atoms with Crippen molar-refractivity contribution in [2.75, 3.05) is 20.8 Å². The van der Waals surface area contributed by atoms with Gasteiger partial charge in [0.1, 0.15) is 16.9 Å². The quantitative estimate of drug-likeness (QED) is 0.292. The third-order valence-corrected chi connectivity index (χ3v) is 16.6. The molecular weight excluding hydrogens is 630 g/mol. The molecule has 50 heavy (non-hydrogen) atoms. The Hall–Kier alpha value is -2.87. The average Bonchev–Trinajstić information content (AvgIpc) is 3.81. The Labute approximate surface area is 296 Å². The van der Waals surface area contributed by atoms with Gasteiger partial charge in [0, 0.05) is 29.9 Å². The van der Waals surface area contributed by atoms with Crippen molar-refractivity contribution in [3.8, 4) is 0 Å². The molecular formula is C42H55NO7. The van der Waals surface area contributed by atoms with Crippen LogP contribution in [0.3, 0.4) is 0 Å². The van der Waals surface area contributed by atoms with Crippen LogP contribution in [0.25, 0.3) is 0 Å². The molecule has 2 aromatic heterocycles. The highest BCUT2D eigenvalue weighted by Crippen LogP contribution is 2.69. The maximum absolute atomic E-state index is 14.4. The van der Waals surface area contributed by atoms with Gasteiger partial charge in [-0.1, -0.05) is 26.7 Å².